The molecule has 1 aromatic carbocycles. The van der Waals surface area contributed by atoms with Gasteiger partial charge in [-0.1, -0.05) is 5.16 Å². The zero-order chi connectivity index (χ0) is 16.8. The van der Waals surface area contributed by atoms with Crippen molar-refractivity contribution in [2.75, 3.05) is 26.2 Å². The van der Waals surface area contributed by atoms with Crippen LogP contribution in [0.25, 0.3) is 22.3 Å². The topological polar surface area (TPSA) is 82.9 Å². The van der Waals surface area contributed by atoms with Crippen LogP contribution in [0.4, 0.5) is 4.39 Å². The van der Waals surface area contributed by atoms with Gasteiger partial charge < -0.3 is 9.84 Å². The fourth-order valence-electron chi connectivity index (χ4n) is 3.86. The molecule has 2 fully saturated rings. The number of nitrogens with one attached hydrogen (secondary N) is 2. The molecule has 0 aliphatic carbocycles. The summed E-state index contributed by atoms with van der Waals surface area (Å²) < 4.78 is 19.8. The monoisotopic (exact) mass is 342 g/mol. The maximum Gasteiger partial charge on any atom is 0.232 e. The van der Waals surface area contributed by atoms with Crippen molar-refractivity contribution in [2.24, 2.45) is 0 Å². The third-order valence-electron chi connectivity index (χ3n) is 5.32. The molecule has 0 bridgehead atoms. The normalized spacial score (nSPS) is 20.2. The summed E-state index contributed by atoms with van der Waals surface area (Å²) >= 11 is 0. The molecule has 0 unspecified atom stereocenters. The number of aromatic amines is 1. The SMILES string of the molecule is Fc1ccc2[nH]ncc2c1-c1noc(C2CN(C3CCNCC3)C2)n1. The van der Waals surface area contributed by atoms with Gasteiger partial charge in [-0.15, -0.1) is 0 Å². The molecule has 0 atom stereocenters. The number of hydrogen-bond donors (Lipinski definition) is 2. The van der Waals surface area contributed by atoms with Gasteiger partial charge >= 0.3 is 0 Å². The second-order valence-electron chi connectivity index (χ2n) is 6.84. The van der Waals surface area contributed by atoms with E-state index < -0.39 is 0 Å². The Morgan fingerprint density at radius 2 is 2.04 bits per heavy atom. The first kappa shape index (κ1) is 15.0. The van der Waals surface area contributed by atoms with E-state index in [0.717, 1.165) is 31.7 Å². The first-order valence-electron chi connectivity index (χ1n) is 8.70. The van der Waals surface area contributed by atoms with Crippen LogP contribution in [0.3, 0.4) is 0 Å². The van der Waals surface area contributed by atoms with Crippen LogP contribution in [0.15, 0.2) is 22.9 Å². The standard InChI is InChI=1S/C17H19FN6O/c18-13-1-2-14-12(7-20-22-14)15(13)16-21-17(25-23-16)10-8-24(9-10)11-3-5-19-6-4-11/h1-2,7,10-11,19H,3-6,8-9H2,(H,20,22). The first-order valence-corrected chi connectivity index (χ1v) is 8.70. The quantitative estimate of drug-likeness (QED) is 0.756. The van der Waals surface area contributed by atoms with Crippen molar-refractivity contribution in [3.63, 3.8) is 0 Å². The number of piperidine rings is 1. The largest absolute Gasteiger partial charge is 0.339 e. The molecule has 8 heteroatoms. The van der Waals surface area contributed by atoms with Gasteiger partial charge in [0.05, 0.1) is 23.2 Å². The summed E-state index contributed by atoms with van der Waals surface area (Å²) in [6, 6.07) is 3.70. The number of likely N-dealkylation sites (tertiary alicyclic amines) is 1. The summed E-state index contributed by atoms with van der Waals surface area (Å²) in [6.45, 7) is 4.05. The average Bonchev–Trinajstić information content (AvgIpc) is 3.24. The average molecular weight is 342 g/mol. The lowest BCUT2D eigenvalue weighted by Crippen LogP contribution is -2.53. The maximum absolute atomic E-state index is 14.3. The minimum Gasteiger partial charge on any atom is -0.339 e. The van der Waals surface area contributed by atoms with Crippen LogP contribution in [0.1, 0.15) is 24.7 Å². The Balaban J connectivity index is 1.36. The minimum absolute atomic E-state index is 0.239. The van der Waals surface area contributed by atoms with Crippen molar-refractivity contribution in [1.82, 2.24) is 30.6 Å². The van der Waals surface area contributed by atoms with Crippen LogP contribution in [-0.2, 0) is 0 Å². The fourth-order valence-corrected chi connectivity index (χ4v) is 3.86. The summed E-state index contributed by atoms with van der Waals surface area (Å²) in [6.07, 6.45) is 3.97. The highest BCUT2D eigenvalue weighted by Crippen LogP contribution is 2.33. The van der Waals surface area contributed by atoms with Gasteiger partial charge in [-0.05, 0) is 38.1 Å². The van der Waals surface area contributed by atoms with Crippen molar-refractivity contribution >= 4 is 10.9 Å². The van der Waals surface area contributed by atoms with Crippen LogP contribution in [-0.4, -0.2) is 57.5 Å². The molecule has 0 spiro atoms. The Kier molecular flexibility index (Phi) is 3.53. The summed E-state index contributed by atoms with van der Waals surface area (Å²) in [5.41, 5.74) is 1.10. The van der Waals surface area contributed by atoms with Crippen molar-refractivity contribution in [3.8, 4) is 11.4 Å². The Morgan fingerprint density at radius 1 is 1.20 bits per heavy atom. The Labute approximate surface area is 143 Å². The predicted octanol–water partition coefficient (Wildman–Crippen LogP) is 1.90. The molecule has 7 nitrogen and oxygen atoms in total. The molecule has 0 saturated carbocycles. The van der Waals surface area contributed by atoms with Gasteiger partial charge in [0.1, 0.15) is 5.82 Å². The van der Waals surface area contributed by atoms with Crippen molar-refractivity contribution < 1.29 is 8.91 Å². The van der Waals surface area contributed by atoms with Gasteiger partial charge in [-0.2, -0.15) is 10.1 Å². The highest BCUT2D eigenvalue weighted by molar-refractivity contribution is 5.92. The van der Waals surface area contributed by atoms with Gasteiger partial charge in [0.15, 0.2) is 0 Å². The molecule has 3 aromatic rings. The van der Waals surface area contributed by atoms with Crippen LogP contribution in [0.5, 0.6) is 0 Å². The first-order chi connectivity index (χ1) is 12.3. The Hall–Kier alpha value is -2.32. The molecular weight excluding hydrogens is 323 g/mol. The van der Waals surface area contributed by atoms with Gasteiger partial charge in [0.2, 0.25) is 11.7 Å². The van der Waals surface area contributed by atoms with E-state index in [1.807, 2.05) is 0 Å². The summed E-state index contributed by atoms with van der Waals surface area (Å²) in [4.78, 5) is 6.95. The van der Waals surface area contributed by atoms with E-state index in [2.05, 4.69) is 30.6 Å². The molecule has 25 heavy (non-hydrogen) atoms. The number of fused-ring (bicyclic) bond motifs is 1. The van der Waals surface area contributed by atoms with Crippen molar-refractivity contribution in [2.45, 2.75) is 24.8 Å². The highest BCUT2D eigenvalue weighted by atomic mass is 19.1. The second-order valence-corrected chi connectivity index (χ2v) is 6.84. The van der Waals surface area contributed by atoms with Gasteiger partial charge in [0, 0.05) is 24.5 Å². The molecule has 0 radical (unpaired) electrons. The van der Waals surface area contributed by atoms with E-state index in [-0.39, 0.29) is 11.7 Å². The molecule has 2 N–H and O–H groups in total. The van der Waals surface area contributed by atoms with Crippen molar-refractivity contribution in [3.05, 3.63) is 30.0 Å². The number of nitrogens with zero attached hydrogens (tertiary/aromatic N) is 4. The molecule has 4 heterocycles. The third-order valence-corrected chi connectivity index (χ3v) is 5.32. The van der Waals surface area contributed by atoms with E-state index in [4.69, 9.17) is 4.52 Å². The zero-order valence-corrected chi connectivity index (χ0v) is 13.7. The number of benzene rings is 1. The number of halogens is 1. The molecule has 5 rings (SSSR count). The highest BCUT2D eigenvalue weighted by Gasteiger charge is 2.37. The number of rotatable bonds is 3. The Morgan fingerprint density at radius 3 is 2.88 bits per heavy atom. The van der Waals surface area contributed by atoms with Gasteiger partial charge in [-0.25, -0.2) is 4.39 Å². The van der Waals surface area contributed by atoms with E-state index in [9.17, 15) is 4.39 Å². The fraction of sp³-hybridized carbons (Fsp3) is 0.471. The number of hydrogen-bond acceptors (Lipinski definition) is 6. The lowest BCUT2D eigenvalue weighted by Gasteiger charge is -2.44. The lowest BCUT2D eigenvalue weighted by molar-refractivity contribution is 0.0597. The minimum atomic E-state index is -0.369. The third kappa shape index (κ3) is 2.52. The van der Waals surface area contributed by atoms with Crippen LogP contribution in [0.2, 0.25) is 0 Å². The smallest absolute Gasteiger partial charge is 0.232 e. The molecule has 2 saturated heterocycles. The maximum atomic E-state index is 14.3. The van der Waals surface area contributed by atoms with Crippen LogP contribution in [0, 0.1) is 5.82 Å². The van der Waals surface area contributed by atoms with E-state index >= 15 is 0 Å². The summed E-state index contributed by atoms with van der Waals surface area (Å²) in [5, 5.41) is 14.9. The summed E-state index contributed by atoms with van der Waals surface area (Å²) in [7, 11) is 0. The molecule has 130 valence electrons. The number of aromatic nitrogens is 4. The second kappa shape index (κ2) is 5.89. The zero-order valence-electron chi connectivity index (χ0n) is 13.7. The van der Waals surface area contributed by atoms with E-state index in [0.29, 0.717) is 28.7 Å². The number of H-pyrrole nitrogens is 1. The predicted molar refractivity (Wildman–Crippen MR) is 89.5 cm³/mol. The molecule has 2 aliphatic heterocycles. The van der Waals surface area contributed by atoms with Crippen LogP contribution >= 0.6 is 0 Å². The van der Waals surface area contributed by atoms with E-state index in [1.165, 1.54) is 18.9 Å². The molecule has 0 amide bonds. The van der Waals surface area contributed by atoms with E-state index in [1.54, 1.807) is 12.3 Å². The van der Waals surface area contributed by atoms with Crippen molar-refractivity contribution in [1.29, 1.82) is 0 Å². The summed E-state index contributed by atoms with van der Waals surface area (Å²) in [5.74, 6) is 0.758. The lowest BCUT2D eigenvalue weighted by atomic mass is 9.93. The molecular formula is C17H19FN6O. The molecule has 2 aromatic heterocycles. The van der Waals surface area contributed by atoms with Gasteiger partial charge in [-0.3, -0.25) is 10.00 Å². The van der Waals surface area contributed by atoms with Gasteiger partial charge in [0.25, 0.3) is 0 Å². The molecule has 2 aliphatic rings. The van der Waals surface area contributed by atoms with Crippen LogP contribution < -0.4 is 5.32 Å². The Bertz CT molecular complexity index is 894.